The molecule has 0 radical (unpaired) electrons. The highest BCUT2D eigenvalue weighted by atomic mass is 32.2. The Bertz CT molecular complexity index is 241. The lowest BCUT2D eigenvalue weighted by Gasteiger charge is -2.22. The lowest BCUT2D eigenvalue weighted by molar-refractivity contribution is 0.00976. The van der Waals surface area contributed by atoms with Crippen molar-refractivity contribution < 1.29 is 13.2 Å². The van der Waals surface area contributed by atoms with Crippen LogP contribution in [0.3, 0.4) is 0 Å². The topological polar surface area (TPSA) is 55.4 Å². The van der Waals surface area contributed by atoms with Gasteiger partial charge in [-0.1, -0.05) is 6.58 Å². The van der Waals surface area contributed by atoms with Gasteiger partial charge in [-0.25, -0.2) is 8.42 Å². The summed E-state index contributed by atoms with van der Waals surface area (Å²) in [5.74, 6) is 0. The summed E-state index contributed by atoms with van der Waals surface area (Å²) in [5.41, 5.74) is 0. The lowest BCUT2D eigenvalue weighted by Crippen LogP contribution is -2.37. The summed E-state index contributed by atoms with van der Waals surface area (Å²) in [6.07, 6.45) is 2.39. The molecule has 1 N–H and O–H groups in total. The van der Waals surface area contributed by atoms with Gasteiger partial charge in [0.05, 0.1) is 0 Å². The van der Waals surface area contributed by atoms with E-state index < -0.39 is 10.0 Å². The van der Waals surface area contributed by atoms with Gasteiger partial charge in [-0.3, -0.25) is 0 Å². The molecule has 0 aromatic rings. The molecule has 1 saturated heterocycles. The third-order valence-electron chi connectivity index (χ3n) is 1.69. The van der Waals surface area contributed by atoms with Crippen molar-refractivity contribution in [3.8, 4) is 0 Å². The Morgan fingerprint density at radius 2 is 2.25 bits per heavy atom. The average Bonchev–Trinajstić information content (AvgIpc) is 2.06. The predicted molar refractivity (Wildman–Crippen MR) is 45.8 cm³/mol. The zero-order valence-corrected chi connectivity index (χ0v) is 7.64. The fraction of sp³-hybridized carbons (Fsp3) is 0.714. The molecule has 0 amide bonds. The average molecular weight is 191 g/mol. The molecule has 1 aliphatic heterocycles. The third-order valence-corrected chi connectivity index (χ3v) is 2.73. The van der Waals surface area contributed by atoms with Crippen LogP contribution in [0, 0.1) is 0 Å². The van der Waals surface area contributed by atoms with E-state index in [4.69, 9.17) is 4.74 Å². The van der Waals surface area contributed by atoms with E-state index in [1.54, 1.807) is 0 Å². The minimum Gasteiger partial charge on any atom is -0.362 e. The molecule has 70 valence electrons. The Morgan fingerprint density at radius 3 is 2.75 bits per heavy atom. The smallest absolute Gasteiger partial charge is 0.235 e. The Morgan fingerprint density at radius 1 is 1.50 bits per heavy atom. The third kappa shape index (κ3) is 2.92. The van der Waals surface area contributed by atoms with Gasteiger partial charge < -0.3 is 4.74 Å². The SMILES string of the molecule is C=CS(=O)(=O)NC1CCCCO1. The molecule has 0 spiro atoms. The van der Waals surface area contributed by atoms with Crippen LogP contribution in [0.5, 0.6) is 0 Å². The highest BCUT2D eigenvalue weighted by Gasteiger charge is 2.17. The standard InChI is InChI=1S/C7H13NO3S/c1-2-12(9,10)8-7-5-3-4-6-11-7/h2,7-8H,1,3-6H2. The van der Waals surface area contributed by atoms with E-state index in [-0.39, 0.29) is 6.23 Å². The summed E-state index contributed by atoms with van der Waals surface area (Å²) in [6, 6.07) is 0. The first kappa shape index (κ1) is 9.70. The molecule has 0 bridgehead atoms. The molecule has 12 heavy (non-hydrogen) atoms. The van der Waals surface area contributed by atoms with Crippen molar-refractivity contribution in [3.05, 3.63) is 12.0 Å². The molecule has 0 aromatic carbocycles. The summed E-state index contributed by atoms with van der Waals surface area (Å²) >= 11 is 0. The maximum Gasteiger partial charge on any atom is 0.235 e. The van der Waals surface area contributed by atoms with Crippen molar-refractivity contribution in [1.82, 2.24) is 4.72 Å². The van der Waals surface area contributed by atoms with Crippen molar-refractivity contribution in [2.24, 2.45) is 0 Å². The predicted octanol–water partition coefficient (Wildman–Crippen LogP) is 0.576. The maximum atomic E-state index is 11.0. The van der Waals surface area contributed by atoms with E-state index in [0.29, 0.717) is 6.61 Å². The van der Waals surface area contributed by atoms with E-state index in [9.17, 15) is 8.42 Å². The highest BCUT2D eigenvalue weighted by Crippen LogP contribution is 2.11. The first-order chi connectivity index (χ1) is 5.64. The Hall–Kier alpha value is -0.390. The van der Waals surface area contributed by atoms with E-state index in [1.807, 2.05) is 0 Å². The number of nitrogens with one attached hydrogen (secondary N) is 1. The number of ether oxygens (including phenoxy) is 1. The van der Waals surface area contributed by atoms with Crippen LogP contribution in [-0.2, 0) is 14.8 Å². The van der Waals surface area contributed by atoms with Crippen LogP contribution in [0.2, 0.25) is 0 Å². The van der Waals surface area contributed by atoms with Crippen LogP contribution in [0.4, 0.5) is 0 Å². The summed E-state index contributed by atoms with van der Waals surface area (Å²) in [4.78, 5) is 0. The number of sulfonamides is 1. The van der Waals surface area contributed by atoms with E-state index in [2.05, 4.69) is 11.3 Å². The van der Waals surface area contributed by atoms with Crippen LogP contribution in [0.25, 0.3) is 0 Å². The molecule has 5 heteroatoms. The maximum absolute atomic E-state index is 11.0. The second-order valence-corrected chi connectivity index (χ2v) is 4.34. The fourth-order valence-corrected chi connectivity index (χ4v) is 1.71. The molecular weight excluding hydrogens is 178 g/mol. The molecule has 4 nitrogen and oxygen atoms in total. The minimum absolute atomic E-state index is 0.359. The summed E-state index contributed by atoms with van der Waals surface area (Å²) in [6.45, 7) is 3.82. The molecule has 1 fully saturated rings. The van der Waals surface area contributed by atoms with Crippen molar-refractivity contribution in [1.29, 1.82) is 0 Å². The van der Waals surface area contributed by atoms with Gasteiger partial charge in [0.2, 0.25) is 10.0 Å². The van der Waals surface area contributed by atoms with Crippen molar-refractivity contribution in [2.75, 3.05) is 6.61 Å². The van der Waals surface area contributed by atoms with Crippen LogP contribution in [0.1, 0.15) is 19.3 Å². The van der Waals surface area contributed by atoms with Crippen LogP contribution in [0.15, 0.2) is 12.0 Å². The Balaban J connectivity index is 2.44. The zero-order valence-electron chi connectivity index (χ0n) is 6.82. The fourth-order valence-electron chi connectivity index (χ4n) is 1.06. The molecule has 1 atom stereocenters. The molecule has 1 aliphatic rings. The summed E-state index contributed by atoms with van der Waals surface area (Å²) in [7, 11) is -3.33. The molecular formula is C7H13NO3S. The van der Waals surface area contributed by atoms with Gasteiger partial charge in [-0.05, 0) is 19.3 Å². The van der Waals surface area contributed by atoms with E-state index in [1.165, 1.54) is 0 Å². The molecule has 1 heterocycles. The van der Waals surface area contributed by atoms with Crippen LogP contribution in [-0.4, -0.2) is 21.3 Å². The molecule has 1 unspecified atom stereocenters. The zero-order chi connectivity index (χ0) is 9.03. The Kier molecular flexibility index (Phi) is 3.25. The second-order valence-electron chi connectivity index (χ2n) is 2.68. The lowest BCUT2D eigenvalue weighted by atomic mass is 10.2. The minimum atomic E-state index is -3.33. The molecule has 0 aliphatic carbocycles. The first-order valence-electron chi connectivity index (χ1n) is 3.90. The number of hydrogen-bond donors (Lipinski definition) is 1. The van der Waals surface area contributed by atoms with Gasteiger partial charge in [-0.15, -0.1) is 0 Å². The van der Waals surface area contributed by atoms with Gasteiger partial charge in [0.1, 0.15) is 6.23 Å². The van der Waals surface area contributed by atoms with E-state index >= 15 is 0 Å². The highest BCUT2D eigenvalue weighted by molar-refractivity contribution is 7.92. The van der Waals surface area contributed by atoms with Crippen LogP contribution < -0.4 is 4.72 Å². The Labute approximate surface area is 72.7 Å². The normalized spacial score (nSPS) is 25.2. The molecule has 1 rings (SSSR count). The van der Waals surface area contributed by atoms with E-state index in [0.717, 1.165) is 24.7 Å². The van der Waals surface area contributed by atoms with Gasteiger partial charge in [0, 0.05) is 12.0 Å². The van der Waals surface area contributed by atoms with Gasteiger partial charge in [-0.2, -0.15) is 4.72 Å². The first-order valence-corrected chi connectivity index (χ1v) is 5.45. The summed E-state index contributed by atoms with van der Waals surface area (Å²) < 4.78 is 29.5. The second kappa shape index (κ2) is 4.02. The van der Waals surface area contributed by atoms with Gasteiger partial charge in [0.25, 0.3) is 0 Å². The summed E-state index contributed by atoms with van der Waals surface area (Å²) in [5, 5.41) is 0.894. The quantitative estimate of drug-likeness (QED) is 0.709. The van der Waals surface area contributed by atoms with Crippen LogP contribution >= 0.6 is 0 Å². The largest absolute Gasteiger partial charge is 0.362 e. The van der Waals surface area contributed by atoms with Gasteiger partial charge >= 0.3 is 0 Å². The molecule has 0 saturated carbocycles. The van der Waals surface area contributed by atoms with Crippen molar-refractivity contribution >= 4 is 10.0 Å². The van der Waals surface area contributed by atoms with Crippen molar-refractivity contribution in [2.45, 2.75) is 25.5 Å². The number of rotatable bonds is 3. The molecule has 0 aromatic heterocycles. The van der Waals surface area contributed by atoms with Crippen molar-refractivity contribution in [3.63, 3.8) is 0 Å². The van der Waals surface area contributed by atoms with Gasteiger partial charge in [0.15, 0.2) is 0 Å². The number of hydrogen-bond acceptors (Lipinski definition) is 3. The monoisotopic (exact) mass is 191 g/mol.